The highest BCUT2D eigenvalue weighted by Gasteiger charge is 2.52. The van der Waals surface area contributed by atoms with Crippen LogP contribution >= 0.6 is 0 Å². The van der Waals surface area contributed by atoms with Gasteiger partial charge in [-0.1, -0.05) is 25.0 Å². The lowest BCUT2D eigenvalue weighted by Crippen LogP contribution is -2.47. The summed E-state index contributed by atoms with van der Waals surface area (Å²) >= 11 is 0. The monoisotopic (exact) mass is 341 g/mol. The van der Waals surface area contributed by atoms with Crippen LogP contribution in [0.1, 0.15) is 50.5 Å². The number of para-hydroxylation sites is 1. The number of carbonyl (C=O) groups excluding carboxylic acids is 1. The molecule has 0 radical (unpaired) electrons. The van der Waals surface area contributed by atoms with Crippen molar-refractivity contribution in [3.8, 4) is 0 Å². The molecule has 6 heteroatoms. The van der Waals surface area contributed by atoms with Gasteiger partial charge in [-0.25, -0.2) is 5.43 Å². The first-order chi connectivity index (χ1) is 12.1. The van der Waals surface area contributed by atoms with Crippen LogP contribution in [0.4, 0.5) is 5.69 Å². The largest absolute Gasteiger partial charge is 0.278 e. The number of hydrogen-bond acceptors (Lipinski definition) is 4. The number of rotatable bonds is 4. The standard InChI is InChI=1S/C19H23N3O3/c23-18(21-20-12-16-3-1-2-4-17(16)22(24)25)19-9-13-5-6-14(10-19)8-15(7-13)11-19/h1-4,12-15H,5-11H2,(H,21,23). The molecule has 4 saturated carbocycles. The maximum Gasteiger partial charge on any atom is 0.278 e. The molecule has 0 aliphatic heterocycles. The number of nitrogens with zero attached hydrogens (tertiary/aromatic N) is 2. The van der Waals surface area contributed by atoms with Crippen LogP contribution in [-0.2, 0) is 4.79 Å². The van der Waals surface area contributed by atoms with E-state index >= 15 is 0 Å². The molecule has 0 spiro atoms. The molecule has 1 N–H and O–H groups in total. The number of amides is 1. The molecule has 5 rings (SSSR count). The smallest absolute Gasteiger partial charge is 0.273 e. The Morgan fingerprint density at radius 2 is 1.80 bits per heavy atom. The minimum atomic E-state index is -0.438. The van der Waals surface area contributed by atoms with Crippen molar-refractivity contribution < 1.29 is 9.72 Å². The summed E-state index contributed by atoms with van der Waals surface area (Å²) in [4.78, 5) is 23.5. The van der Waals surface area contributed by atoms with E-state index in [9.17, 15) is 14.9 Å². The summed E-state index contributed by atoms with van der Waals surface area (Å²) in [6.07, 6.45) is 9.40. The fourth-order valence-electron chi connectivity index (χ4n) is 5.51. The Kier molecular flexibility index (Phi) is 4.06. The Morgan fingerprint density at radius 1 is 1.16 bits per heavy atom. The number of nitro groups is 1. The molecule has 0 saturated heterocycles. The van der Waals surface area contributed by atoms with E-state index in [2.05, 4.69) is 10.5 Å². The van der Waals surface area contributed by atoms with Crippen LogP contribution in [0.3, 0.4) is 0 Å². The van der Waals surface area contributed by atoms with Crippen molar-refractivity contribution >= 4 is 17.8 Å². The van der Waals surface area contributed by atoms with Crippen molar-refractivity contribution in [1.29, 1.82) is 0 Å². The second-order valence-electron chi connectivity index (χ2n) is 8.05. The third-order valence-electron chi connectivity index (χ3n) is 6.34. The number of hydrogen-bond donors (Lipinski definition) is 1. The van der Waals surface area contributed by atoms with Gasteiger partial charge in [0.05, 0.1) is 22.1 Å². The number of carbonyl (C=O) groups is 1. The van der Waals surface area contributed by atoms with Crippen molar-refractivity contribution in [1.82, 2.24) is 5.43 Å². The van der Waals surface area contributed by atoms with E-state index < -0.39 is 4.92 Å². The fourth-order valence-corrected chi connectivity index (χ4v) is 5.51. The lowest BCUT2D eigenvalue weighted by molar-refractivity contribution is -0.385. The van der Waals surface area contributed by atoms with Gasteiger partial charge in [-0.15, -0.1) is 0 Å². The van der Waals surface area contributed by atoms with Crippen molar-refractivity contribution in [2.75, 3.05) is 0 Å². The summed E-state index contributed by atoms with van der Waals surface area (Å²) in [6, 6.07) is 6.41. The van der Waals surface area contributed by atoms with Gasteiger partial charge in [0.25, 0.3) is 5.69 Å². The van der Waals surface area contributed by atoms with Gasteiger partial charge in [0, 0.05) is 6.07 Å². The topological polar surface area (TPSA) is 84.6 Å². The van der Waals surface area contributed by atoms with Gasteiger partial charge >= 0.3 is 0 Å². The zero-order valence-corrected chi connectivity index (χ0v) is 14.2. The van der Waals surface area contributed by atoms with Gasteiger partial charge in [-0.2, -0.15) is 5.10 Å². The summed E-state index contributed by atoms with van der Waals surface area (Å²) in [5.74, 6) is 2.04. The van der Waals surface area contributed by atoms with Crippen LogP contribution in [0, 0.1) is 33.3 Å². The van der Waals surface area contributed by atoms with Crippen molar-refractivity contribution in [3.63, 3.8) is 0 Å². The maximum absolute atomic E-state index is 12.9. The molecular weight excluding hydrogens is 318 g/mol. The Bertz CT molecular complexity index is 714. The van der Waals surface area contributed by atoms with Crippen LogP contribution in [0.2, 0.25) is 0 Å². The first-order valence-corrected chi connectivity index (χ1v) is 9.13. The van der Waals surface area contributed by atoms with Gasteiger partial charge < -0.3 is 0 Å². The van der Waals surface area contributed by atoms with Crippen molar-refractivity contribution in [2.24, 2.45) is 28.3 Å². The van der Waals surface area contributed by atoms with Gasteiger partial charge in [0.15, 0.2) is 0 Å². The highest BCUT2D eigenvalue weighted by atomic mass is 16.6. The van der Waals surface area contributed by atoms with E-state index in [1.807, 2.05) is 0 Å². The second kappa shape index (κ2) is 6.24. The average molecular weight is 341 g/mol. The molecule has 0 heterocycles. The van der Waals surface area contributed by atoms with Gasteiger partial charge in [-0.3, -0.25) is 14.9 Å². The number of hydrazone groups is 1. The summed E-state index contributed by atoms with van der Waals surface area (Å²) in [5, 5.41) is 15.1. The highest BCUT2D eigenvalue weighted by molar-refractivity contribution is 5.88. The zero-order valence-electron chi connectivity index (χ0n) is 14.2. The normalized spacial score (nSPS) is 33.4. The molecule has 2 atom stereocenters. The van der Waals surface area contributed by atoms with E-state index in [4.69, 9.17) is 0 Å². The lowest BCUT2D eigenvalue weighted by atomic mass is 9.58. The average Bonchev–Trinajstić information content (AvgIpc) is 2.81. The number of nitrogens with one attached hydrogen (secondary N) is 1. The van der Waals surface area contributed by atoms with Crippen LogP contribution in [-0.4, -0.2) is 17.0 Å². The Balaban J connectivity index is 1.49. The quantitative estimate of drug-likeness (QED) is 0.515. The molecule has 6 nitrogen and oxygen atoms in total. The van der Waals surface area contributed by atoms with Crippen molar-refractivity contribution in [2.45, 2.75) is 44.9 Å². The number of benzene rings is 1. The first kappa shape index (κ1) is 16.2. The third kappa shape index (κ3) is 3.05. The van der Waals surface area contributed by atoms with E-state index in [-0.39, 0.29) is 17.0 Å². The molecule has 0 aromatic heterocycles. The predicted octanol–water partition coefficient (Wildman–Crippen LogP) is 3.65. The van der Waals surface area contributed by atoms with Gasteiger partial charge in [0.1, 0.15) is 0 Å². The van der Waals surface area contributed by atoms with Gasteiger partial charge in [0.2, 0.25) is 5.91 Å². The molecule has 4 aliphatic rings. The third-order valence-corrected chi connectivity index (χ3v) is 6.34. The maximum atomic E-state index is 12.9. The predicted molar refractivity (Wildman–Crippen MR) is 94.1 cm³/mol. The Morgan fingerprint density at radius 3 is 2.48 bits per heavy atom. The first-order valence-electron chi connectivity index (χ1n) is 9.13. The molecule has 4 fully saturated rings. The van der Waals surface area contributed by atoms with E-state index in [0.717, 1.165) is 19.3 Å². The zero-order chi connectivity index (χ0) is 17.4. The van der Waals surface area contributed by atoms with E-state index in [1.54, 1.807) is 18.2 Å². The highest BCUT2D eigenvalue weighted by Crippen LogP contribution is 2.57. The molecule has 2 unspecified atom stereocenters. The summed E-state index contributed by atoms with van der Waals surface area (Å²) in [6.45, 7) is 0. The lowest BCUT2D eigenvalue weighted by Gasteiger charge is -2.46. The van der Waals surface area contributed by atoms with E-state index in [0.29, 0.717) is 23.3 Å². The molecule has 1 aromatic carbocycles. The fraction of sp³-hybridized carbons (Fsp3) is 0.579. The molecule has 4 bridgehead atoms. The SMILES string of the molecule is O=C(NN=Cc1ccccc1[N+](=O)[O-])C12CC3CCC(CC(C3)C1)C2. The molecule has 25 heavy (non-hydrogen) atoms. The summed E-state index contributed by atoms with van der Waals surface area (Å²) in [5.41, 5.74) is 2.81. The minimum Gasteiger partial charge on any atom is -0.273 e. The molecule has 132 valence electrons. The molecule has 1 amide bonds. The minimum absolute atomic E-state index is 0.00336. The number of fused-ring (bicyclic) bond motifs is 1. The van der Waals surface area contributed by atoms with Crippen molar-refractivity contribution in [3.05, 3.63) is 39.9 Å². The second-order valence-corrected chi connectivity index (χ2v) is 8.05. The van der Waals surface area contributed by atoms with Crippen LogP contribution in [0.15, 0.2) is 29.4 Å². The van der Waals surface area contributed by atoms with E-state index in [1.165, 1.54) is 38.0 Å². The Hall–Kier alpha value is -2.24. The molecule has 1 aromatic rings. The van der Waals surface area contributed by atoms with Crippen LogP contribution in [0.5, 0.6) is 0 Å². The summed E-state index contributed by atoms with van der Waals surface area (Å²) in [7, 11) is 0. The summed E-state index contributed by atoms with van der Waals surface area (Å²) < 4.78 is 0. The van der Waals surface area contributed by atoms with Crippen LogP contribution < -0.4 is 5.43 Å². The van der Waals surface area contributed by atoms with Gasteiger partial charge in [-0.05, 0) is 55.9 Å². The molecular formula is C19H23N3O3. The Labute approximate surface area is 146 Å². The number of nitro benzene ring substituents is 1. The molecule has 4 aliphatic carbocycles. The van der Waals surface area contributed by atoms with Crippen LogP contribution in [0.25, 0.3) is 0 Å².